The highest BCUT2D eigenvalue weighted by Crippen LogP contribution is 2.31. The lowest BCUT2D eigenvalue weighted by atomic mass is 9.95. The van der Waals surface area contributed by atoms with Gasteiger partial charge in [-0.15, -0.1) is 0 Å². The Kier molecular flexibility index (Phi) is 5.20. The maximum absolute atomic E-state index is 11.9. The van der Waals surface area contributed by atoms with Crippen molar-refractivity contribution in [2.24, 2.45) is 11.7 Å². The van der Waals surface area contributed by atoms with Gasteiger partial charge in [-0.1, -0.05) is 11.6 Å². The van der Waals surface area contributed by atoms with Crippen molar-refractivity contribution >= 4 is 23.2 Å². The van der Waals surface area contributed by atoms with Crippen molar-refractivity contribution in [1.82, 2.24) is 10.3 Å². The number of carbonyl (C=O) groups excluding carboxylic acids is 1. The second-order valence-corrected chi connectivity index (χ2v) is 5.54. The number of nitrogens with two attached hydrogens (primary N) is 1. The van der Waals surface area contributed by atoms with Gasteiger partial charge in [0.05, 0.1) is 10.7 Å². The minimum atomic E-state index is 0.0821. The van der Waals surface area contributed by atoms with Crippen molar-refractivity contribution in [1.29, 1.82) is 0 Å². The minimum absolute atomic E-state index is 0.0821. The SMILES string of the molecule is Cc1cncc(Cl)c1N1CCC(C(=O)NCCN)CC1. The van der Waals surface area contributed by atoms with Crippen molar-refractivity contribution < 1.29 is 4.79 Å². The van der Waals surface area contributed by atoms with E-state index in [1.807, 2.05) is 13.1 Å². The van der Waals surface area contributed by atoms with Crippen LogP contribution in [-0.2, 0) is 4.79 Å². The van der Waals surface area contributed by atoms with E-state index in [4.69, 9.17) is 17.3 Å². The van der Waals surface area contributed by atoms with E-state index in [2.05, 4.69) is 15.2 Å². The van der Waals surface area contributed by atoms with E-state index >= 15 is 0 Å². The quantitative estimate of drug-likeness (QED) is 0.879. The zero-order chi connectivity index (χ0) is 14.5. The van der Waals surface area contributed by atoms with Crippen LogP contribution in [0.5, 0.6) is 0 Å². The molecule has 1 aliphatic rings. The van der Waals surface area contributed by atoms with Gasteiger partial charge in [-0.2, -0.15) is 0 Å². The van der Waals surface area contributed by atoms with Crippen LogP contribution >= 0.6 is 11.6 Å². The van der Waals surface area contributed by atoms with Crippen LogP contribution in [0, 0.1) is 12.8 Å². The summed E-state index contributed by atoms with van der Waals surface area (Å²) in [6, 6.07) is 0. The molecule has 0 bridgehead atoms. The predicted molar refractivity (Wildman–Crippen MR) is 81.0 cm³/mol. The molecule has 0 spiro atoms. The second-order valence-electron chi connectivity index (χ2n) is 5.13. The molecule has 0 aliphatic carbocycles. The molecule has 1 saturated heterocycles. The molecule has 0 atom stereocenters. The summed E-state index contributed by atoms with van der Waals surface area (Å²) in [5, 5.41) is 3.54. The van der Waals surface area contributed by atoms with E-state index in [-0.39, 0.29) is 11.8 Å². The average Bonchev–Trinajstić information content (AvgIpc) is 2.45. The van der Waals surface area contributed by atoms with Crippen molar-refractivity contribution in [2.45, 2.75) is 19.8 Å². The number of piperidine rings is 1. The summed E-state index contributed by atoms with van der Waals surface area (Å²) in [4.78, 5) is 18.2. The smallest absolute Gasteiger partial charge is 0.223 e. The van der Waals surface area contributed by atoms with E-state index in [1.54, 1.807) is 6.20 Å². The number of aromatic nitrogens is 1. The monoisotopic (exact) mass is 296 g/mol. The van der Waals surface area contributed by atoms with Crippen molar-refractivity contribution in [3.63, 3.8) is 0 Å². The first kappa shape index (κ1) is 15.1. The van der Waals surface area contributed by atoms with Crippen LogP contribution in [0.25, 0.3) is 0 Å². The molecule has 1 fully saturated rings. The summed E-state index contributed by atoms with van der Waals surface area (Å²) in [6.45, 7) is 4.72. The van der Waals surface area contributed by atoms with Crippen LogP contribution < -0.4 is 16.0 Å². The second kappa shape index (κ2) is 6.90. The molecule has 1 amide bonds. The Labute approximate surface area is 124 Å². The highest BCUT2D eigenvalue weighted by molar-refractivity contribution is 6.33. The van der Waals surface area contributed by atoms with Crippen molar-refractivity contribution in [3.05, 3.63) is 23.0 Å². The molecule has 5 nitrogen and oxygen atoms in total. The number of aryl methyl sites for hydroxylation is 1. The number of nitrogens with one attached hydrogen (secondary N) is 1. The molecular weight excluding hydrogens is 276 g/mol. The van der Waals surface area contributed by atoms with E-state index in [0.717, 1.165) is 37.2 Å². The van der Waals surface area contributed by atoms with Gasteiger partial charge < -0.3 is 16.0 Å². The molecule has 0 aromatic carbocycles. The first-order valence-corrected chi connectivity index (χ1v) is 7.34. The lowest BCUT2D eigenvalue weighted by Crippen LogP contribution is -2.42. The number of hydrogen-bond donors (Lipinski definition) is 2. The third-order valence-electron chi connectivity index (χ3n) is 3.68. The molecule has 110 valence electrons. The Balaban J connectivity index is 1.96. The van der Waals surface area contributed by atoms with Gasteiger partial charge in [0, 0.05) is 44.5 Å². The van der Waals surface area contributed by atoms with E-state index < -0.39 is 0 Å². The number of nitrogens with zero attached hydrogens (tertiary/aromatic N) is 2. The van der Waals surface area contributed by atoms with Crippen molar-refractivity contribution in [2.75, 3.05) is 31.1 Å². The maximum Gasteiger partial charge on any atom is 0.223 e. The summed E-state index contributed by atoms with van der Waals surface area (Å²) in [5.74, 6) is 0.200. The van der Waals surface area contributed by atoms with E-state index in [9.17, 15) is 4.79 Å². The zero-order valence-electron chi connectivity index (χ0n) is 11.7. The van der Waals surface area contributed by atoms with E-state index in [0.29, 0.717) is 18.1 Å². The number of halogens is 1. The van der Waals surface area contributed by atoms with Crippen molar-refractivity contribution in [3.8, 4) is 0 Å². The Morgan fingerprint density at radius 1 is 1.50 bits per heavy atom. The molecule has 1 aromatic heterocycles. The van der Waals surface area contributed by atoms with E-state index in [1.165, 1.54) is 0 Å². The third kappa shape index (κ3) is 3.41. The highest BCUT2D eigenvalue weighted by atomic mass is 35.5. The largest absolute Gasteiger partial charge is 0.370 e. The van der Waals surface area contributed by atoms with Gasteiger partial charge in [0.1, 0.15) is 0 Å². The lowest BCUT2D eigenvalue weighted by Gasteiger charge is -2.34. The number of pyridine rings is 1. The predicted octanol–water partition coefficient (Wildman–Crippen LogP) is 1.33. The summed E-state index contributed by atoms with van der Waals surface area (Å²) < 4.78 is 0. The first-order chi connectivity index (χ1) is 9.63. The Morgan fingerprint density at radius 2 is 2.20 bits per heavy atom. The average molecular weight is 297 g/mol. The Morgan fingerprint density at radius 3 is 2.80 bits per heavy atom. The Hall–Kier alpha value is -1.33. The molecule has 1 aliphatic heterocycles. The van der Waals surface area contributed by atoms with Gasteiger partial charge >= 0.3 is 0 Å². The van der Waals surface area contributed by atoms with Crippen LogP contribution in [0.4, 0.5) is 5.69 Å². The summed E-state index contributed by atoms with van der Waals surface area (Å²) in [6.07, 6.45) is 5.17. The van der Waals surface area contributed by atoms with Crippen LogP contribution in [0.15, 0.2) is 12.4 Å². The molecular formula is C14H21ClN4O. The number of anilines is 1. The zero-order valence-corrected chi connectivity index (χ0v) is 12.5. The molecule has 6 heteroatoms. The van der Waals surface area contributed by atoms with Crippen LogP contribution in [0.3, 0.4) is 0 Å². The fourth-order valence-corrected chi connectivity index (χ4v) is 2.96. The maximum atomic E-state index is 11.9. The van der Waals surface area contributed by atoms with Crippen LogP contribution in [-0.4, -0.2) is 37.1 Å². The van der Waals surface area contributed by atoms with Gasteiger partial charge in [0.25, 0.3) is 0 Å². The van der Waals surface area contributed by atoms with Gasteiger partial charge in [-0.25, -0.2) is 0 Å². The van der Waals surface area contributed by atoms with Crippen LogP contribution in [0.2, 0.25) is 5.02 Å². The Bertz CT molecular complexity index is 452. The molecule has 0 unspecified atom stereocenters. The topological polar surface area (TPSA) is 71.2 Å². The molecule has 2 rings (SSSR count). The van der Waals surface area contributed by atoms with Gasteiger partial charge in [-0.05, 0) is 25.3 Å². The van der Waals surface area contributed by atoms with Gasteiger partial charge in [-0.3, -0.25) is 9.78 Å². The standard InChI is InChI=1S/C14H21ClN4O/c1-10-8-17-9-12(15)13(10)19-6-2-11(3-7-19)14(20)18-5-4-16/h8-9,11H,2-7,16H2,1H3,(H,18,20). The molecule has 2 heterocycles. The fourth-order valence-electron chi connectivity index (χ4n) is 2.63. The normalized spacial score (nSPS) is 16.2. The summed E-state index contributed by atoms with van der Waals surface area (Å²) in [7, 11) is 0. The number of amides is 1. The molecule has 1 aromatic rings. The molecule has 0 saturated carbocycles. The van der Waals surface area contributed by atoms with Gasteiger partial charge in [0.2, 0.25) is 5.91 Å². The minimum Gasteiger partial charge on any atom is -0.370 e. The fraction of sp³-hybridized carbons (Fsp3) is 0.571. The summed E-state index contributed by atoms with van der Waals surface area (Å²) >= 11 is 6.23. The summed E-state index contributed by atoms with van der Waals surface area (Å²) in [5.41, 5.74) is 7.51. The number of rotatable bonds is 4. The molecule has 3 N–H and O–H groups in total. The first-order valence-electron chi connectivity index (χ1n) is 6.96. The number of carbonyl (C=O) groups is 1. The van der Waals surface area contributed by atoms with Gasteiger partial charge in [0.15, 0.2) is 0 Å². The highest BCUT2D eigenvalue weighted by Gasteiger charge is 2.26. The third-order valence-corrected chi connectivity index (χ3v) is 3.96. The number of hydrogen-bond acceptors (Lipinski definition) is 4. The van der Waals surface area contributed by atoms with Crippen LogP contribution in [0.1, 0.15) is 18.4 Å². The lowest BCUT2D eigenvalue weighted by molar-refractivity contribution is -0.125. The molecule has 20 heavy (non-hydrogen) atoms. The molecule has 0 radical (unpaired) electrons.